The number of rotatable bonds is 51. The molecule has 0 aromatic carbocycles. The number of hydrogen-bond acceptors (Lipinski definition) is 6. The Morgan fingerprint density at radius 3 is 0.941 bits per heavy atom. The van der Waals surface area contributed by atoms with Gasteiger partial charge >= 0.3 is 17.9 Å². The van der Waals surface area contributed by atoms with Crippen molar-refractivity contribution in [3.05, 3.63) is 85.1 Å². The smallest absolute Gasteiger partial charge is 0.306 e. The molecule has 0 spiro atoms. The van der Waals surface area contributed by atoms with E-state index in [1.165, 1.54) is 122 Å². The second kappa shape index (κ2) is 56.2. The fourth-order valence-electron chi connectivity index (χ4n) is 7.81. The third kappa shape index (κ3) is 53.5. The SMILES string of the molecule is CC/C=C\C/C=C\C/C=C\CCCCCCCCCC(=O)OC(COC(=O)CCCCCCC/C=C\CCCCC)COC(=O)CCCCCCCC/C=C\C/C=C\C/C=C\CCCCCCC. The zero-order valence-electron chi connectivity index (χ0n) is 44.6. The van der Waals surface area contributed by atoms with Gasteiger partial charge in [0.2, 0.25) is 0 Å². The molecule has 0 saturated heterocycles. The van der Waals surface area contributed by atoms with Crippen molar-refractivity contribution < 1.29 is 28.6 Å². The average molecular weight is 948 g/mol. The van der Waals surface area contributed by atoms with Crippen LogP contribution in [0.5, 0.6) is 0 Å². The number of ether oxygens (including phenoxy) is 3. The lowest BCUT2D eigenvalue weighted by atomic mass is 10.1. The van der Waals surface area contributed by atoms with Crippen LogP contribution in [0.15, 0.2) is 85.1 Å². The van der Waals surface area contributed by atoms with Crippen LogP contribution in [0.4, 0.5) is 0 Å². The maximum absolute atomic E-state index is 12.8. The molecule has 0 fully saturated rings. The lowest BCUT2D eigenvalue weighted by Crippen LogP contribution is -2.30. The molecule has 390 valence electrons. The quantitative estimate of drug-likeness (QED) is 0.0262. The molecule has 6 nitrogen and oxygen atoms in total. The second-order valence-corrected chi connectivity index (χ2v) is 18.8. The number of carbonyl (C=O) groups excluding carboxylic acids is 3. The van der Waals surface area contributed by atoms with Crippen LogP contribution in [0.3, 0.4) is 0 Å². The Hall–Kier alpha value is -3.41. The highest BCUT2D eigenvalue weighted by Gasteiger charge is 2.19. The standard InChI is InChI=1S/C62H106O6/c1-4-7-10-13-16-19-22-25-27-29-30-31-32-34-35-37-40-43-46-49-52-55-61(64)67-58-59(57-66-60(63)54-51-48-45-42-39-24-21-18-15-12-9-6-3)68-62(65)56-53-50-47-44-41-38-36-33-28-26-23-20-17-14-11-8-5-2/h8,11,17-18,20-22,25-26,28-30,32,34,59H,4-7,9-10,12-16,19,23-24,27,31,33,35-58H2,1-3H3/b11-8-,20-17-,21-18-,25-22-,28-26-,30-29-,34-32-. The normalized spacial score (nSPS) is 12.7. The molecule has 0 radical (unpaired) electrons. The first-order valence-corrected chi connectivity index (χ1v) is 28.6. The summed E-state index contributed by atoms with van der Waals surface area (Å²) in [4.78, 5) is 38.1. The number of hydrogen-bond donors (Lipinski definition) is 0. The van der Waals surface area contributed by atoms with Crippen LogP contribution in [-0.2, 0) is 28.6 Å². The van der Waals surface area contributed by atoms with Crippen molar-refractivity contribution in [2.45, 2.75) is 277 Å². The van der Waals surface area contributed by atoms with Gasteiger partial charge in [0.1, 0.15) is 13.2 Å². The Kier molecular flexibility index (Phi) is 53.4. The summed E-state index contributed by atoms with van der Waals surface area (Å²) < 4.78 is 16.8. The minimum absolute atomic E-state index is 0.0895. The molecule has 6 heteroatoms. The van der Waals surface area contributed by atoms with E-state index in [0.717, 1.165) is 109 Å². The van der Waals surface area contributed by atoms with Crippen molar-refractivity contribution >= 4 is 17.9 Å². The molecule has 0 bridgehead atoms. The van der Waals surface area contributed by atoms with Crippen molar-refractivity contribution in [2.75, 3.05) is 13.2 Å². The van der Waals surface area contributed by atoms with Gasteiger partial charge in [-0.3, -0.25) is 14.4 Å². The van der Waals surface area contributed by atoms with Gasteiger partial charge in [0.15, 0.2) is 6.10 Å². The van der Waals surface area contributed by atoms with E-state index in [1.54, 1.807) is 0 Å². The summed E-state index contributed by atoms with van der Waals surface area (Å²) in [5.74, 6) is -0.917. The topological polar surface area (TPSA) is 78.9 Å². The summed E-state index contributed by atoms with van der Waals surface area (Å²) in [7, 11) is 0. The van der Waals surface area contributed by atoms with Crippen LogP contribution < -0.4 is 0 Å². The molecule has 0 rings (SSSR count). The molecule has 68 heavy (non-hydrogen) atoms. The first-order chi connectivity index (χ1) is 33.5. The Labute approximate surface area is 420 Å². The minimum atomic E-state index is -0.791. The summed E-state index contributed by atoms with van der Waals surface area (Å²) in [5.41, 5.74) is 0. The first kappa shape index (κ1) is 64.6. The molecule has 1 unspecified atom stereocenters. The number of esters is 3. The van der Waals surface area contributed by atoms with Crippen LogP contribution in [0, 0.1) is 0 Å². The summed E-state index contributed by atoms with van der Waals surface area (Å²) in [5, 5.41) is 0. The van der Waals surface area contributed by atoms with Gasteiger partial charge in [0, 0.05) is 19.3 Å². The summed E-state index contributed by atoms with van der Waals surface area (Å²) >= 11 is 0. The fourth-order valence-corrected chi connectivity index (χ4v) is 7.81. The van der Waals surface area contributed by atoms with Gasteiger partial charge in [0.05, 0.1) is 0 Å². The molecule has 0 aliphatic carbocycles. The molecule has 0 N–H and O–H groups in total. The van der Waals surface area contributed by atoms with E-state index in [2.05, 4.69) is 106 Å². The monoisotopic (exact) mass is 947 g/mol. The van der Waals surface area contributed by atoms with Crippen molar-refractivity contribution in [3.8, 4) is 0 Å². The van der Waals surface area contributed by atoms with E-state index in [0.29, 0.717) is 19.3 Å². The van der Waals surface area contributed by atoms with E-state index in [-0.39, 0.29) is 31.1 Å². The van der Waals surface area contributed by atoms with Crippen molar-refractivity contribution in [1.29, 1.82) is 0 Å². The van der Waals surface area contributed by atoms with Gasteiger partial charge in [-0.1, -0.05) is 221 Å². The summed E-state index contributed by atoms with van der Waals surface area (Å²) in [6.45, 7) is 6.48. The zero-order chi connectivity index (χ0) is 49.3. The van der Waals surface area contributed by atoms with E-state index in [9.17, 15) is 14.4 Å². The van der Waals surface area contributed by atoms with Gasteiger partial charge in [-0.2, -0.15) is 0 Å². The second-order valence-electron chi connectivity index (χ2n) is 18.8. The Balaban J connectivity index is 4.39. The molecular formula is C62H106O6. The fraction of sp³-hybridized carbons (Fsp3) is 0.726. The highest BCUT2D eigenvalue weighted by Crippen LogP contribution is 2.14. The van der Waals surface area contributed by atoms with Crippen molar-refractivity contribution in [3.63, 3.8) is 0 Å². The summed E-state index contributed by atoms with van der Waals surface area (Å²) in [6.07, 6.45) is 72.8. The van der Waals surface area contributed by atoms with Gasteiger partial charge in [-0.05, 0) is 116 Å². The predicted molar refractivity (Wildman–Crippen MR) is 293 cm³/mol. The van der Waals surface area contributed by atoms with E-state index < -0.39 is 6.10 Å². The van der Waals surface area contributed by atoms with Crippen molar-refractivity contribution in [1.82, 2.24) is 0 Å². The third-order valence-corrected chi connectivity index (χ3v) is 12.1. The molecule has 0 aromatic rings. The molecule has 0 heterocycles. The molecule has 0 amide bonds. The van der Waals surface area contributed by atoms with Crippen LogP contribution in [-0.4, -0.2) is 37.2 Å². The largest absolute Gasteiger partial charge is 0.462 e. The molecular weight excluding hydrogens is 841 g/mol. The molecule has 0 aliphatic heterocycles. The number of unbranched alkanes of at least 4 members (excludes halogenated alkanes) is 26. The first-order valence-electron chi connectivity index (χ1n) is 28.6. The van der Waals surface area contributed by atoms with Gasteiger partial charge in [0.25, 0.3) is 0 Å². The molecule has 1 atom stereocenters. The lowest BCUT2D eigenvalue weighted by Gasteiger charge is -2.18. The Bertz CT molecular complexity index is 1320. The van der Waals surface area contributed by atoms with Gasteiger partial charge in [-0.25, -0.2) is 0 Å². The molecule has 0 aromatic heterocycles. The minimum Gasteiger partial charge on any atom is -0.462 e. The zero-order valence-corrected chi connectivity index (χ0v) is 44.6. The van der Waals surface area contributed by atoms with E-state index >= 15 is 0 Å². The summed E-state index contributed by atoms with van der Waals surface area (Å²) in [6, 6.07) is 0. The van der Waals surface area contributed by atoms with Crippen LogP contribution in [0.25, 0.3) is 0 Å². The highest BCUT2D eigenvalue weighted by molar-refractivity contribution is 5.71. The lowest BCUT2D eigenvalue weighted by molar-refractivity contribution is -0.167. The van der Waals surface area contributed by atoms with Gasteiger partial charge in [-0.15, -0.1) is 0 Å². The van der Waals surface area contributed by atoms with Gasteiger partial charge < -0.3 is 14.2 Å². The average Bonchev–Trinajstić information content (AvgIpc) is 3.34. The van der Waals surface area contributed by atoms with Crippen molar-refractivity contribution in [2.24, 2.45) is 0 Å². The predicted octanol–water partition coefficient (Wildman–Crippen LogP) is 19.2. The van der Waals surface area contributed by atoms with Crippen LogP contribution in [0.1, 0.15) is 271 Å². The van der Waals surface area contributed by atoms with Crippen LogP contribution in [0.2, 0.25) is 0 Å². The Morgan fingerprint density at radius 2 is 0.574 bits per heavy atom. The van der Waals surface area contributed by atoms with Crippen LogP contribution >= 0.6 is 0 Å². The molecule has 0 saturated carbocycles. The number of carbonyl (C=O) groups is 3. The van der Waals surface area contributed by atoms with E-state index in [4.69, 9.17) is 14.2 Å². The molecule has 0 aliphatic rings. The highest BCUT2D eigenvalue weighted by atomic mass is 16.6. The maximum Gasteiger partial charge on any atom is 0.306 e. The Morgan fingerprint density at radius 1 is 0.309 bits per heavy atom. The maximum atomic E-state index is 12.8. The number of allylic oxidation sites excluding steroid dienone is 14. The third-order valence-electron chi connectivity index (χ3n) is 12.1. The van der Waals surface area contributed by atoms with E-state index in [1.807, 2.05) is 0 Å².